The van der Waals surface area contributed by atoms with Crippen LogP contribution in [-0.4, -0.2) is 28.8 Å². The first kappa shape index (κ1) is 17.5. The maximum Gasteiger partial charge on any atom is 0.272 e. The number of nitrogens with zero attached hydrogens (tertiary/aromatic N) is 1. The molecule has 1 aliphatic rings. The molecule has 0 saturated heterocycles. The minimum atomic E-state index is -1.51. The van der Waals surface area contributed by atoms with E-state index in [1.165, 1.54) is 0 Å². The Morgan fingerprint density at radius 3 is 2.84 bits per heavy atom. The van der Waals surface area contributed by atoms with E-state index in [1.54, 1.807) is 0 Å². The number of carbonyl (C=O) groups excluding carboxylic acids is 1. The summed E-state index contributed by atoms with van der Waals surface area (Å²) in [7, 11) is 0. The predicted molar refractivity (Wildman–Crippen MR) is 83.6 cm³/mol. The monoisotopic (exact) mass is 353 g/mol. The third-order valence-electron chi connectivity index (χ3n) is 4.24. The molecule has 25 heavy (non-hydrogen) atoms. The highest BCUT2D eigenvalue weighted by molar-refractivity contribution is 5.94. The molecule has 0 saturated carbocycles. The number of halogens is 3. The summed E-state index contributed by atoms with van der Waals surface area (Å²) in [5.74, 6) is -4.37. The smallest absolute Gasteiger partial charge is 0.272 e. The Labute approximate surface area is 142 Å². The predicted octanol–water partition coefficient (Wildman–Crippen LogP) is 2.82. The summed E-state index contributed by atoms with van der Waals surface area (Å²) in [6, 6.07) is 2.03. The lowest BCUT2D eigenvalue weighted by atomic mass is 9.99. The second kappa shape index (κ2) is 6.87. The highest BCUT2D eigenvalue weighted by atomic mass is 19.2. The number of H-pyrrole nitrogens is 1. The molecule has 1 aromatic heterocycles. The minimum absolute atomic E-state index is 0.00102. The molecule has 2 atom stereocenters. The van der Waals surface area contributed by atoms with Crippen LogP contribution in [0.15, 0.2) is 12.1 Å². The molecule has 3 rings (SSSR count). The van der Waals surface area contributed by atoms with Gasteiger partial charge in [0.25, 0.3) is 5.91 Å². The van der Waals surface area contributed by atoms with Gasteiger partial charge in [-0.3, -0.25) is 9.89 Å². The first-order chi connectivity index (χ1) is 11.9. The van der Waals surface area contributed by atoms with Gasteiger partial charge in [-0.2, -0.15) is 5.10 Å². The van der Waals surface area contributed by atoms with Gasteiger partial charge in [0.1, 0.15) is 0 Å². The van der Waals surface area contributed by atoms with Gasteiger partial charge in [-0.15, -0.1) is 0 Å². The fourth-order valence-corrected chi connectivity index (χ4v) is 3.01. The van der Waals surface area contributed by atoms with Crippen molar-refractivity contribution < 1.29 is 22.7 Å². The summed E-state index contributed by atoms with van der Waals surface area (Å²) in [6.45, 7) is 3.87. The van der Waals surface area contributed by atoms with Crippen molar-refractivity contribution in [2.45, 2.75) is 38.9 Å². The van der Waals surface area contributed by atoms with Gasteiger partial charge in [-0.25, -0.2) is 13.2 Å². The molecule has 134 valence electrons. The Kier molecular flexibility index (Phi) is 4.80. The van der Waals surface area contributed by atoms with Crippen molar-refractivity contribution in [3.8, 4) is 0 Å². The quantitative estimate of drug-likeness (QED) is 0.831. The average molecular weight is 353 g/mol. The Balaban J connectivity index is 1.66. The molecule has 5 nitrogen and oxygen atoms in total. The summed E-state index contributed by atoms with van der Waals surface area (Å²) in [6.07, 6.45) is 0.403. The van der Waals surface area contributed by atoms with E-state index in [-0.39, 0.29) is 36.4 Å². The van der Waals surface area contributed by atoms with Gasteiger partial charge in [0.2, 0.25) is 0 Å². The highest BCUT2D eigenvalue weighted by Gasteiger charge is 2.29. The minimum Gasteiger partial charge on any atom is -0.369 e. The molecule has 0 radical (unpaired) electrons. The van der Waals surface area contributed by atoms with Gasteiger partial charge >= 0.3 is 0 Å². The summed E-state index contributed by atoms with van der Waals surface area (Å²) < 4.78 is 45.4. The van der Waals surface area contributed by atoms with Gasteiger partial charge < -0.3 is 10.1 Å². The SMILES string of the molecule is C[C@@H]1Cc2c(C(=O)NCCc3ccc(F)c(F)c3F)n[nH]c2[C@H](C)O1. The zero-order valence-electron chi connectivity index (χ0n) is 13.8. The summed E-state index contributed by atoms with van der Waals surface area (Å²) in [5.41, 5.74) is 1.86. The fraction of sp³-hybridized carbons (Fsp3) is 0.412. The molecule has 2 N–H and O–H groups in total. The Hall–Kier alpha value is -2.35. The van der Waals surface area contributed by atoms with E-state index >= 15 is 0 Å². The van der Waals surface area contributed by atoms with Crippen LogP contribution >= 0.6 is 0 Å². The van der Waals surface area contributed by atoms with Gasteiger partial charge in [0, 0.05) is 18.5 Å². The molecular weight excluding hydrogens is 335 g/mol. The van der Waals surface area contributed by atoms with E-state index < -0.39 is 23.4 Å². The average Bonchev–Trinajstić information content (AvgIpc) is 2.99. The number of benzene rings is 1. The number of aromatic amines is 1. The topological polar surface area (TPSA) is 67.0 Å². The van der Waals surface area contributed by atoms with Crippen LogP contribution in [-0.2, 0) is 17.6 Å². The zero-order chi connectivity index (χ0) is 18.1. The number of aromatic nitrogens is 2. The van der Waals surface area contributed by atoms with Crippen LogP contribution in [0.2, 0.25) is 0 Å². The zero-order valence-corrected chi connectivity index (χ0v) is 13.8. The number of carbonyl (C=O) groups is 1. The summed E-state index contributed by atoms with van der Waals surface area (Å²) in [5, 5.41) is 9.50. The second-order valence-corrected chi connectivity index (χ2v) is 6.10. The van der Waals surface area contributed by atoms with Crippen molar-refractivity contribution in [3.63, 3.8) is 0 Å². The molecule has 1 amide bonds. The van der Waals surface area contributed by atoms with Crippen LogP contribution in [0.25, 0.3) is 0 Å². The molecule has 0 aliphatic carbocycles. The molecule has 1 aromatic carbocycles. The number of fused-ring (bicyclic) bond motifs is 1. The Morgan fingerprint density at radius 1 is 1.32 bits per heavy atom. The number of rotatable bonds is 4. The summed E-state index contributed by atoms with van der Waals surface area (Å²) in [4.78, 5) is 12.3. The van der Waals surface area contributed by atoms with E-state index in [0.717, 1.165) is 23.4 Å². The van der Waals surface area contributed by atoms with Crippen molar-refractivity contribution in [2.24, 2.45) is 0 Å². The molecular formula is C17H18F3N3O2. The lowest BCUT2D eigenvalue weighted by Gasteiger charge is -2.25. The van der Waals surface area contributed by atoms with Gasteiger partial charge in [0.05, 0.1) is 17.9 Å². The number of nitrogens with one attached hydrogen (secondary N) is 2. The molecule has 0 unspecified atom stereocenters. The Morgan fingerprint density at radius 2 is 2.08 bits per heavy atom. The molecule has 8 heteroatoms. The van der Waals surface area contributed by atoms with Gasteiger partial charge in [-0.05, 0) is 31.9 Å². The van der Waals surface area contributed by atoms with Crippen LogP contribution in [0.5, 0.6) is 0 Å². The maximum absolute atomic E-state index is 13.6. The lowest BCUT2D eigenvalue weighted by Crippen LogP contribution is -2.29. The van der Waals surface area contributed by atoms with Crippen LogP contribution in [0, 0.1) is 17.5 Å². The third-order valence-corrected chi connectivity index (χ3v) is 4.24. The van der Waals surface area contributed by atoms with Gasteiger partial charge in [0.15, 0.2) is 23.1 Å². The molecule has 0 bridgehead atoms. The van der Waals surface area contributed by atoms with Crippen LogP contribution < -0.4 is 5.32 Å². The fourth-order valence-electron chi connectivity index (χ4n) is 3.01. The number of amides is 1. The van der Waals surface area contributed by atoms with E-state index in [1.807, 2.05) is 13.8 Å². The molecule has 1 aliphatic heterocycles. The number of hydrogen-bond donors (Lipinski definition) is 2. The van der Waals surface area contributed by atoms with E-state index in [0.29, 0.717) is 6.42 Å². The van der Waals surface area contributed by atoms with Crippen LogP contribution in [0.1, 0.15) is 47.3 Å². The van der Waals surface area contributed by atoms with Crippen molar-refractivity contribution in [1.82, 2.24) is 15.5 Å². The number of ether oxygens (including phenoxy) is 1. The molecule has 0 spiro atoms. The maximum atomic E-state index is 13.6. The van der Waals surface area contributed by atoms with Crippen molar-refractivity contribution in [2.75, 3.05) is 6.54 Å². The summed E-state index contributed by atoms with van der Waals surface area (Å²) >= 11 is 0. The molecule has 0 fully saturated rings. The second-order valence-electron chi connectivity index (χ2n) is 6.10. The lowest BCUT2D eigenvalue weighted by molar-refractivity contribution is -0.00697. The number of hydrogen-bond acceptors (Lipinski definition) is 3. The first-order valence-corrected chi connectivity index (χ1v) is 8.01. The van der Waals surface area contributed by atoms with E-state index in [2.05, 4.69) is 15.5 Å². The van der Waals surface area contributed by atoms with Crippen molar-refractivity contribution in [3.05, 3.63) is 52.1 Å². The van der Waals surface area contributed by atoms with E-state index in [9.17, 15) is 18.0 Å². The van der Waals surface area contributed by atoms with E-state index in [4.69, 9.17) is 4.74 Å². The van der Waals surface area contributed by atoms with Crippen molar-refractivity contribution >= 4 is 5.91 Å². The largest absolute Gasteiger partial charge is 0.369 e. The van der Waals surface area contributed by atoms with Gasteiger partial charge in [-0.1, -0.05) is 6.07 Å². The normalized spacial score (nSPS) is 19.6. The van der Waals surface area contributed by atoms with Crippen molar-refractivity contribution in [1.29, 1.82) is 0 Å². The molecule has 2 aromatic rings. The third kappa shape index (κ3) is 3.39. The van der Waals surface area contributed by atoms with Crippen LogP contribution in [0.3, 0.4) is 0 Å². The highest BCUT2D eigenvalue weighted by Crippen LogP contribution is 2.30. The Bertz CT molecular complexity index is 807. The van der Waals surface area contributed by atoms with Crippen LogP contribution in [0.4, 0.5) is 13.2 Å². The first-order valence-electron chi connectivity index (χ1n) is 8.01. The standard InChI is InChI=1S/C17H18F3N3O2/c1-8-7-11-15(9(2)25-8)22-23-16(11)17(24)21-6-5-10-3-4-12(18)14(20)13(10)19/h3-4,8-9H,5-7H2,1-2H3,(H,21,24)(H,22,23)/t8-,9+/m1/s1. The molecule has 2 heterocycles.